The van der Waals surface area contributed by atoms with Crippen LogP contribution >= 0.6 is 15.9 Å². The Bertz CT molecular complexity index is 500. The molecule has 0 aromatic heterocycles. The summed E-state index contributed by atoms with van der Waals surface area (Å²) >= 11 is 3.08. The first-order chi connectivity index (χ1) is 8.52. The second-order valence-corrected chi connectivity index (χ2v) is 5.38. The van der Waals surface area contributed by atoms with Gasteiger partial charge in [-0.25, -0.2) is 4.39 Å². The molecule has 1 amide bonds. The summed E-state index contributed by atoms with van der Waals surface area (Å²) in [6.45, 7) is 1.77. The van der Waals surface area contributed by atoms with Gasteiger partial charge < -0.3 is 4.90 Å². The molecule has 0 radical (unpaired) electrons. The van der Waals surface area contributed by atoms with Crippen LogP contribution in [0.2, 0.25) is 0 Å². The van der Waals surface area contributed by atoms with E-state index in [9.17, 15) is 14.0 Å². The second-order valence-electron chi connectivity index (χ2n) is 4.53. The van der Waals surface area contributed by atoms with E-state index in [0.717, 1.165) is 12.8 Å². The minimum atomic E-state index is -0.379. The summed E-state index contributed by atoms with van der Waals surface area (Å²) in [5.41, 5.74) is 1.19. The minimum Gasteiger partial charge on any atom is -0.307 e. The van der Waals surface area contributed by atoms with Crippen LogP contribution in [0.15, 0.2) is 16.6 Å². The number of halogens is 2. The average Bonchev–Trinajstić information content (AvgIpc) is 3.15. The van der Waals surface area contributed by atoms with Gasteiger partial charge in [-0.05, 0) is 53.4 Å². The van der Waals surface area contributed by atoms with Gasteiger partial charge in [0.2, 0.25) is 6.41 Å². The maximum absolute atomic E-state index is 13.3. The minimum absolute atomic E-state index is 0.0626. The second kappa shape index (κ2) is 5.18. The van der Waals surface area contributed by atoms with Gasteiger partial charge in [0.05, 0.1) is 11.0 Å². The molecule has 96 valence electrons. The molecule has 0 heterocycles. The van der Waals surface area contributed by atoms with E-state index in [0.29, 0.717) is 17.7 Å². The number of rotatable bonds is 5. The summed E-state index contributed by atoms with van der Waals surface area (Å²) in [5, 5.41) is 0. The monoisotopic (exact) mass is 313 g/mol. The van der Waals surface area contributed by atoms with Crippen molar-refractivity contribution in [2.24, 2.45) is 5.92 Å². The zero-order chi connectivity index (χ0) is 13.3. The molecule has 1 fully saturated rings. The number of aryl methyl sites for hydroxylation is 1. The molecule has 0 N–H and O–H groups in total. The molecule has 1 aliphatic rings. The summed E-state index contributed by atoms with van der Waals surface area (Å²) in [4.78, 5) is 24.2. The largest absolute Gasteiger partial charge is 0.307 e. The molecule has 5 heteroatoms. The Kier molecular flexibility index (Phi) is 3.80. The van der Waals surface area contributed by atoms with Gasteiger partial charge in [0, 0.05) is 11.6 Å². The van der Waals surface area contributed by atoms with Crippen molar-refractivity contribution in [2.75, 3.05) is 11.4 Å². The van der Waals surface area contributed by atoms with Crippen molar-refractivity contribution in [3.05, 3.63) is 28.0 Å². The van der Waals surface area contributed by atoms with Gasteiger partial charge in [-0.15, -0.1) is 0 Å². The predicted molar refractivity (Wildman–Crippen MR) is 70.0 cm³/mol. The molecule has 1 aromatic rings. The van der Waals surface area contributed by atoms with Crippen molar-refractivity contribution in [1.82, 2.24) is 0 Å². The Hall–Kier alpha value is -1.23. The van der Waals surface area contributed by atoms with Gasteiger partial charge in [-0.1, -0.05) is 0 Å². The molecule has 0 saturated heterocycles. The lowest BCUT2D eigenvalue weighted by atomic mass is 10.1. The molecule has 18 heavy (non-hydrogen) atoms. The van der Waals surface area contributed by atoms with Gasteiger partial charge in [-0.2, -0.15) is 0 Å². The van der Waals surface area contributed by atoms with Crippen LogP contribution in [0.25, 0.3) is 0 Å². The van der Waals surface area contributed by atoms with E-state index < -0.39 is 0 Å². The number of anilines is 1. The third-order valence-electron chi connectivity index (χ3n) is 3.03. The maximum Gasteiger partial charge on any atom is 0.214 e. The lowest BCUT2D eigenvalue weighted by Gasteiger charge is -2.19. The fourth-order valence-electron chi connectivity index (χ4n) is 1.83. The molecule has 1 saturated carbocycles. The van der Waals surface area contributed by atoms with Crippen molar-refractivity contribution in [1.29, 1.82) is 0 Å². The quantitative estimate of drug-likeness (QED) is 0.784. The number of benzene rings is 1. The van der Waals surface area contributed by atoms with Crippen LogP contribution < -0.4 is 4.90 Å². The highest BCUT2D eigenvalue weighted by atomic mass is 79.9. The van der Waals surface area contributed by atoms with E-state index in [-0.39, 0.29) is 28.5 Å². The lowest BCUT2D eigenvalue weighted by Crippen LogP contribution is -2.29. The van der Waals surface area contributed by atoms with Crippen LogP contribution in [0.3, 0.4) is 0 Å². The van der Waals surface area contributed by atoms with E-state index in [4.69, 9.17) is 0 Å². The van der Waals surface area contributed by atoms with E-state index in [1.54, 1.807) is 6.92 Å². The first-order valence-electron chi connectivity index (χ1n) is 5.73. The van der Waals surface area contributed by atoms with Crippen molar-refractivity contribution in [2.45, 2.75) is 19.8 Å². The number of hydrogen-bond donors (Lipinski definition) is 0. The summed E-state index contributed by atoms with van der Waals surface area (Å²) < 4.78 is 13.6. The van der Waals surface area contributed by atoms with Crippen molar-refractivity contribution < 1.29 is 14.0 Å². The van der Waals surface area contributed by atoms with Crippen LogP contribution in [-0.4, -0.2) is 18.7 Å². The zero-order valence-corrected chi connectivity index (χ0v) is 11.5. The number of amides is 1. The summed E-state index contributed by atoms with van der Waals surface area (Å²) in [6, 6.07) is 2.87. The molecule has 3 nitrogen and oxygen atoms in total. The van der Waals surface area contributed by atoms with Crippen LogP contribution in [0.4, 0.5) is 10.1 Å². The van der Waals surface area contributed by atoms with Crippen LogP contribution in [0, 0.1) is 18.7 Å². The van der Waals surface area contributed by atoms with Gasteiger partial charge in [0.15, 0.2) is 5.78 Å². The summed E-state index contributed by atoms with van der Waals surface area (Å²) in [6.07, 6.45) is 2.45. The number of nitrogens with zero attached hydrogens (tertiary/aromatic N) is 1. The average molecular weight is 314 g/mol. The predicted octanol–water partition coefficient (Wildman–Crippen LogP) is 2.84. The van der Waals surface area contributed by atoms with Gasteiger partial charge in [0.25, 0.3) is 0 Å². The molecule has 0 bridgehead atoms. The van der Waals surface area contributed by atoms with E-state index in [2.05, 4.69) is 15.9 Å². The molecule has 0 atom stereocenters. The van der Waals surface area contributed by atoms with Gasteiger partial charge in [0.1, 0.15) is 5.82 Å². The van der Waals surface area contributed by atoms with E-state index >= 15 is 0 Å². The SMILES string of the molecule is Cc1cc(F)c(Br)cc1N(C=O)CC(=O)C1CC1. The normalized spacial score (nSPS) is 14.4. The molecule has 1 aliphatic carbocycles. The smallest absolute Gasteiger partial charge is 0.214 e. The number of hydrogen-bond acceptors (Lipinski definition) is 2. The molecule has 0 aliphatic heterocycles. The zero-order valence-electron chi connectivity index (χ0n) is 9.95. The number of carbonyl (C=O) groups is 2. The van der Waals surface area contributed by atoms with Crippen molar-refractivity contribution in [3.8, 4) is 0 Å². The highest BCUT2D eigenvalue weighted by Gasteiger charge is 2.30. The van der Waals surface area contributed by atoms with Crippen molar-refractivity contribution in [3.63, 3.8) is 0 Å². The fraction of sp³-hybridized carbons (Fsp3) is 0.385. The van der Waals surface area contributed by atoms with Crippen LogP contribution in [0.1, 0.15) is 18.4 Å². The van der Waals surface area contributed by atoms with Crippen LogP contribution in [0.5, 0.6) is 0 Å². The maximum atomic E-state index is 13.3. The molecule has 2 rings (SSSR count). The Morgan fingerprint density at radius 1 is 1.56 bits per heavy atom. The first-order valence-corrected chi connectivity index (χ1v) is 6.52. The molecular formula is C13H13BrFNO2. The van der Waals surface area contributed by atoms with E-state index in [1.165, 1.54) is 17.0 Å². The molecule has 0 unspecified atom stereocenters. The Morgan fingerprint density at radius 2 is 2.22 bits per heavy atom. The third-order valence-corrected chi connectivity index (χ3v) is 3.64. The van der Waals surface area contributed by atoms with Gasteiger partial charge in [-0.3, -0.25) is 9.59 Å². The van der Waals surface area contributed by atoms with Crippen LogP contribution in [-0.2, 0) is 9.59 Å². The number of carbonyl (C=O) groups excluding carboxylic acids is 2. The molecule has 1 aromatic carbocycles. The van der Waals surface area contributed by atoms with Gasteiger partial charge >= 0.3 is 0 Å². The Labute approximate surface area is 113 Å². The lowest BCUT2D eigenvalue weighted by molar-refractivity contribution is -0.120. The molecular weight excluding hydrogens is 301 g/mol. The van der Waals surface area contributed by atoms with E-state index in [1.807, 2.05) is 0 Å². The highest BCUT2D eigenvalue weighted by molar-refractivity contribution is 9.10. The molecule has 0 spiro atoms. The number of Topliss-reactive ketones (excluding diaryl/α,β-unsaturated/α-hetero) is 1. The number of ketones is 1. The fourth-order valence-corrected chi connectivity index (χ4v) is 2.16. The standard InChI is InChI=1S/C13H13BrFNO2/c1-8-4-11(15)10(14)5-12(8)16(7-17)6-13(18)9-2-3-9/h4-5,7,9H,2-3,6H2,1H3. The topological polar surface area (TPSA) is 37.4 Å². The Balaban J connectivity index is 2.23. The Morgan fingerprint density at radius 3 is 2.78 bits per heavy atom. The first kappa shape index (κ1) is 13.2. The summed E-state index contributed by atoms with van der Waals surface area (Å²) in [7, 11) is 0. The highest BCUT2D eigenvalue weighted by Crippen LogP contribution is 2.31. The van der Waals surface area contributed by atoms with Crippen molar-refractivity contribution >= 4 is 33.8 Å². The third kappa shape index (κ3) is 2.77. The summed E-state index contributed by atoms with van der Waals surface area (Å²) in [5.74, 6) is -0.200.